The zero-order chi connectivity index (χ0) is 14.5. The molecule has 0 unspecified atom stereocenters. The Morgan fingerprint density at radius 1 is 1.25 bits per heavy atom. The van der Waals surface area contributed by atoms with Gasteiger partial charge in [-0.25, -0.2) is 4.39 Å². The van der Waals surface area contributed by atoms with Crippen LogP contribution in [-0.4, -0.2) is 10.5 Å². The van der Waals surface area contributed by atoms with Crippen molar-refractivity contribution in [1.82, 2.24) is 9.88 Å². The standard InChI is InChI=1S/C15H15FN2O2/c1-18-10-12(5-6-15(18)20)9-17-14(19)8-11-3-2-4-13(16)7-11/h2-7,10H,8-9H2,1H3,(H,17,19). The Morgan fingerprint density at radius 3 is 2.75 bits per heavy atom. The molecule has 1 aromatic heterocycles. The van der Waals surface area contributed by atoms with Crippen molar-refractivity contribution < 1.29 is 9.18 Å². The van der Waals surface area contributed by atoms with E-state index in [9.17, 15) is 14.0 Å². The van der Waals surface area contributed by atoms with Crippen LogP contribution in [0.25, 0.3) is 0 Å². The maximum absolute atomic E-state index is 13.0. The van der Waals surface area contributed by atoms with Crippen LogP contribution in [0.3, 0.4) is 0 Å². The highest BCUT2D eigenvalue weighted by Gasteiger charge is 2.04. The minimum Gasteiger partial charge on any atom is -0.352 e. The fraction of sp³-hybridized carbons (Fsp3) is 0.200. The Hall–Kier alpha value is -2.43. The molecule has 0 saturated carbocycles. The van der Waals surface area contributed by atoms with E-state index >= 15 is 0 Å². The molecule has 104 valence electrons. The third-order valence-corrected chi connectivity index (χ3v) is 2.89. The molecule has 20 heavy (non-hydrogen) atoms. The Morgan fingerprint density at radius 2 is 2.05 bits per heavy atom. The summed E-state index contributed by atoms with van der Waals surface area (Å²) in [7, 11) is 1.65. The van der Waals surface area contributed by atoms with Gasteiger partial charge in [0.1, 0.15) is 5.82 Å². The first-order chi connectivity index (χ1) is 9.54. The molecule has 1 N–H and O–H groups in total. The Bertz CT molecular complexity index is 680. The van der Waals surface area contributed by atoms with Gasteiger partial charge in [0.05, 0.1) is 6.42 Å². The lowest BCUT2D eigenvalue weighted by atomic mass is 10.1. The van der Waals surface area contributed by atoms with Gasteiger partial charge in [0.15, 0.2) is 0 Å². The van der Waals surface area contributed by atoms with E-state index in [-0.39, 0.29) is 23.7 Å². The molecule has 0 atom stereocenters. The molecule has 0 bridgehead atoms. The second kappa shape index (κ2) is 6.14. The number of carbonyl (C=O) groups is 1. The van der Waals surface area contributed by atoms with Crippen LogP contribution in [0.4, 0.5) is 4.39 Å². The summed E-state index contributed by atoms with van der Waals surface area (Å²) in [6, 6.07) is 9.08. The van der Waals surface area contributed by atoms with Gasteiger partial charge in [-0.3, -0.25) is 9.59 Å². The van der Waals surface area contributed by atoms with Crippen molar-refractivity contribution in [2.45, 2.75) is 13.0 Å². The van der Waals surface area contributed by atoms with Crippen molar-refractivity contribution in [2.75, 3.05) is 0 Å². The second-order valence-electron chi connectivity index (χ2n) is 4.57. The summed E-state index contributed by atoms with van der Waals surface area (Å²) in [6.45, 7) is 0.336. The summed E-state index contributed by atoms with van der Waals surface area (Å²) in [5.74, 6) is -0.544. The molecule has 0 fully saturated rings. The van der Waals surface area contributed by atoms with Crippen molar-refractivity contribution in [3.63, 3.8) is 0 Å². The van der Waals surface area contributed by atoms with Gasteiger partial charge < -0.3 is 9.88 Å². The van der Waals surface area contributed by atoms with Crippen LogP contribution in [0.15, 0.2) is 47.4 Å². The van der Waals surface area contributed by atoms with Gasteiger partial charge in [0.25, 0.3) is 0 Å². The molecule has 0 radical (unpaired) electrons. The van der Waals surface area contributed by atoms with Gasteiger partial charge in [0, 0.05) is 25.9 Å². The fourth-order valence-electron chi connectivity index (χ4n) is 1.85. The highest BCUT2D eigenvalue weighted by atomic mass is 19.1. The van der Waals surface area contributed by atoms with Crippen LogP contribution in [0.2, 0.25) is 0 Å². The fourth-order valence-corrected chi connectivity index (χ4v) is 1.85. The van der Waals surface area contributed by atoms with E-state index in [1.54, 1.807) is 31.4 Å². The second-order valence-corrected chi connectivity index (χ2v) is 4.57. The number of pyridine rings is 1. The lowest BCUT2D eigenvalue weighted by molar-refractivity contribution is -0.120. The zero-order valence-corrected chi connectivity index (χ0v) is 11.1. The zero-order valence-electron chi connectivity index (χ0n) is 11.1. The number of halogens is 1. The highest BCUT2D eigenvalue weighted by Crippen LogP contribution is 2.04. The number of carbonyl (C=O) groups excluding carboxylic acids is 1. The van der Waals surface area contributed by atoms with Crippen molar-refractivity contribution in [3.05, 3.63) is 69.9 Å². The van der Waals surface area contributed by atoms with E-state index in [1.807, 2.05) is 0 Å². The van der Waals surface area contributed by atoms with Crippen LogP contribution in [0.5, 0.6) is 0 Å². The number of nitrogens with one attached hydrogen (secondary N) is 1. The van der Waals surface area contributed by atoms with Crippen LogP contribution >= 0.6 is 0 Å². The van der Waals surface area contributed by atoms with Gasteiger partial charge >= 0.3 is 0 Å². The van der Waals surface area contributed by atoms with Crippen LogP contribution in [-0.2, 0) is 24.8 Å². The molecule has 2 rings (SSSR count). The summed E-state index contributed by atoms with van der Waals surface area (Å²) in [4.78, 5) is 23.0. The van der Waals surface area contributed by atoms with Gasteiger partial charge in [0.2, 0.25) is 11.5 Å². The van der Waals surface area contributed by atoms with Crippen molar-refractivity contribution >= 4 is 5.91 Å². The molecule has 0 aliphatic carbocycles. The van der Waals surface area contributed by atoms with Crippen LogP contribution < -0.4 is 10.9 Å². The highest BCUT2D eigenvalue weighted by molar-refractivity contribution is 5.78. The van der Waals surface area contributed by atoms with Gasteiger partial charge in [-0.2, -0.15) is 0 Å². The molecule has 4 nitrogen and oxygen atoms in total. The van der Waals surface area contributed by atoms with E-state index in [1.165, 1.54) is 22.8 Å². The first kappa shape index (κ1) is 14.0. The molecular formula is C15H15FN2O2. The minimum absolute atomic E-state index is 0.0974. The SMILES string of the molecule is Cn1cc(CNC(=O)Cc2cccc(F)c2)ccc1=O. The lowest BCUT2D eigenvalue weighted by Gasteiger charge is -2.07. The monoisotopic (exact) mass is 274 g/mol. The van der Waals surface area contributed by atoms with E-state index in [0.29, 0.717) is 12.1 Å². The maximum atomic E-state index is 13.0. The molecular weight excluding hydrogens is 259 g/mol. The van der Waals surface area contributed by atoms with Crippen molar-refractivity contribution in [2.24, 2.45) is 7.05 Å². The summed E-state index contributed by atoms with van der Waals surface area (Å²) in [5, 5.41) is 2.74. The number of hydrogen-bond acceptors (Lipinski definition) is 2. The number of aryl methyl sites for hydroxylation is 1. The number of hydrogen-bond donors (Lipinski definition) is 1. The third-order valence-electron chi connectivity index (χ3n) is 2.89. The number of aromatic nitrogens is 1. The molecule has 1 amide bonds. The van der Waals surface area contributed by atoms with Crippen molar-refractivity contribution in [1.29, 1.82) is 0 Å². The Labute approximate surface area is 115 Å². The molecule has 0 aliphatic rings. The largest absolute Gasteiger partial charge is 0.352 e. The lowest BCUT2D eigenvalue weighted by Crippen LogP contribution is -2.25. The van der Waals surface area contributed by atoms with E-state index < -0.39 is 0 Å². The van der Waals surface area contributed by atoms with Crippen LogP contribution in [0, 0.1) is 5.82 Å². The molecule has 2 aromatic rings. The summed E-state index contributed by atoms with van der Waals surface area (Å²) >= 11 is 0. The first-order valence-corrected chi connectivity index (χ1v) is 6.21. The third kappa shape index (κ3) is 3.78. The molecule has 0 saturated heterocycles. The van der Waals surface area contributed by atoms with E-state index in [4.69, 9.17) is 0 Å². The predicted molar refractivity (Wildman–Crippen MR) is 73.6 cm³/mol. The first-order valence-electron chi connectivity index (χ1n) is 6.21. The summed E-state index contributed by atoms with van der Waals surface area (Å²) in [5.41, 5.74) is 1.36. The number of nitrogens with zero attached hydrogens (tertiary/aromatic N) is 1. The topological polar surface area (TPSA) is 51.1 Å². The summed E-state index contributed by atoms with van der Waals surface area (Å²) < 4.78 is 14.4. The van der Waals surface area contributed by atoms with Gasteiger partial charge in [-0.1, -0.05) is 18.2 Å². The average Bonchev–Trinajstić information content (AvgIpc) is 2.40. The Balaban J connectivity index is 1.92. The molecule has 1 heterocycles. The summed E-state index contributed by atoms with van der Waals surface area (Å²) in [6.07, 6.45) is 1.80. The Kier molecular flexibility index (Phi) is 4.30. The van der Waals surface area contributed by atoms with Gasteiger partial charge in [-0.15, -0.1) is 0 Å². The normalized spacial score (nSPS) is 10.3. The number of benzene rings is 1. The molecule has 0 aliphatic heterocycles. The number of amides is 1. The quantitative estimate of drug-likeness (QED) is 0.916. The maximum Gasteiger partial charge on any atom is 0.250 e. The van der Waals surface area contributed by atoms with E-state index in [0.717, 1.165) is 5.56 Å². The molecule has 5 heteroatoms. The smallest absolute Gasteiger partial charge is 0.250 e. The minimum atomic E-state index is -0.353. The van der Waals surface area contributed by atoms with Crippen molar-refractivity contribution in [3.8, 4) is 0 Å². The number of rotatable bonds is 4. The molecule has 1 aromatic carbocycles. The molecule has 0 spiro atoms. The predicted octanol–water partition coefficient (Wildman–Crippen LogP) is 1.38. The average molecular weight is 274 g/mol. The van der Waals surface area contributed by atoms with Gasteiger partial charge in [-0.05, 0) is 23.3 Å². The van der Waals surface area contributed by atoms with E-state index in [2.05, 4.69) is 5.32 Å². The van der Waals surface area contributed by atoms with Crippen LogP contribution in [0.1, 0.15) is 11.1 Å².